The van der Waals surface area contributed by atoms with Gasteiger partial charge in [0.2, 0.25) is 0 Å². The van der Waals surface area contributed by atoms with Crippen LogP contribution in [0.5, 0.6) is 0 Å². The van der Waals surface area contributed by atoms with Gasteiger partial charge in [0.15, 0.2) is 5.79 Å². The van der Waals surface area contributed by atoms with Crippen molar-refractivity contribution in [3.63, 3.8) is 0 Å². The Morgan fingerprint density at radius 1 is 1.83 bits per heavy atom. The van der Waals surface area contributed by atoms with Crippen molar-refractivity contribution >= 4 is 11.9 Å². The lowest BCUT2D eigenvalue weighted by Crippen LogP contribution is -2.32. The predicted octanol–water partition coefficient (Wildman–Crippen LogP) is -1.06. The van der Waals surface area contributed by atoms with E-state index in [0.717, 1.165) is 0 Å². The molecular formula is C6H9NO5. The number of nitrogens with zero attached hydrogens (tertiary/aromatic N) is 1. The number of carboxylic acid groups (broad SMARTS) is 1. The van der Waals surface area contributed by atoms with Gasteiger partial charge in [-0.15, -0.1) is 0 Å². The Morgan fingerprint density at radius 3 is 2.75 bits per heavy atom. The molecule has 2 N–H and O–H groups in total. The van der Waals surface area contributed by atoms with Gasteiger partial charge in [-0.1, -0.05) is 0 Å². The van der Waals surface area contributed by atoms with E-state index in [-0.39, 0.29) is 6.42 Å². The van der Waals surface area contributed by atoms with Crippen LogP contribution in [0, 0.1) is 0 Å². The molecule has 0 aromatic carbocycles. The van der Waals surface area contributed by atoms with Crippen molar-refractivity contribution in [3.05, 3.63) is 0 Å². The highest BCUT2D eigenvalue weighted by Crippen LogP contribution is 2.22. The number of aliphatic hydroxyl groups is 1. The number of amides is 1. The van der Waals surface area contributed by atoms with Gasteiger partial charge in [0.05, 0.1) is 6.42 Å². The minimum absolute atomic E-state index is 0.208. The first-order valence-corrected chi connectivity index (χ1v) is 3.34. The number of carbonyl (C=O) groups excluding carboxylic acids is 1. The van der Waals surface area contributed by atoms with Gasteiger partial charge in [0, 0.05) is 0 Å². The second-order valence-corrected chi connectivity index (χ2v) is 2.77. The predicted molar refractivity (Wildman–Crippen MR) is 35.7 cm³/mol. The highest BCUT2D eigenvalue weighted by Gasteiger charge is 2.40. The lowest BCUT2D eigenvalue weighted by atomic mass is 10.2. The molecule has 0 aliphatic carbocycles. The number of hydroxylamine groups is 2. The van der Waals surface area contributed by atoms with Gasteiger partial charge in [-0.05, 0) is 6.92 Å². The second kappa shape index (κ2) is 2.72. The van der Waals surface area contributed by atoms with Crippen molar-refractivity contribution in [1.29, 1.82) is 0 Å². The molecule has 0 spiro atoms. The van der Waals surface area contributed by atoms with Gasteiger partial charge in [-0.2, -0.15) is 0 Å². The molecule has 68 valence electrons. The molecule has 0 radical (unpaired) electrons. The fourth-order valence-electron chi connectivity index (χ4n) is 0.933. The van der Waals surface area contributed by atoms with Crippen LogP contribution >= 0.6 is 0 Å². The van der Waals surface area contributed by atoms with E-state index in [4.69, 9.17) is 5.11 Å². The molecule has 0 aromatic rings. The molecule has 6 nitrogen and oxygen atoms in total. The summed E-state index contributed by atoms with van der Waals surface area (Å²) < 4.78 is 0. The van der Waals surface area contributed by atoms with Crippen LogP contribution < -0.4 is 0 Å². The summed E-state index contributed by atoms with van der Waals surface area (Å²) in [7, 11) is 0. The van der Waals surface area contributed by atoms with E-state index in [1.54, 1.807) is 0 Å². The van der Waals surface area contributed by atoms with Crippen molar-refractivity contribution < 1.29 is 24.6 Å². The Labute approximate surface area is 68.3 Å². The van der Waals surface area contributed by atoms with Crippen LogP contribution in [0.3, 0.4) is 0 Å². The van der Waals surface area contributed by atoms with Crippen molar-refractivity contribution in [2.24, 2.45) is 0 Å². The second-order valence-electron chi connectivity index (χ2n) is 2.77. The van der Waals surface area contributed by atoms with Crippen LogP contribution in [-0.2, 0) is 14.4 Å². The average molecular weight is 175 g/mol. The largest absolute Gasteiger partial charge is 0.480 e. The molecule has 1 rings (SSSR count). The summed E-state index contributed by atoms with van der Waals surface area (Å²) in [5.41, 5.74) is 0. The Bertz CT molecular complexity index is 224. The van der Waals surface area contributed by atoms with E-state index in [0.29, 0.717) is 5.06 Å². The highest BCUT2D eigenvalue weighted by atomic mass is 16.8. The fraction of sp³-hybridized carbons (Fsp3) is 0.667. The number of aliphatic carboxylic acids is 1. The lowest BCUT2D eigenvalue weighted by Gasteiger charge is -2.16. The van der Waals surface area contributed by atoms with Gasteiger partial charge in [-0.3, -0.25) is 9.59 Å². The van der Waals surface area contributed by atoms with Gasteiger partial charge in [-0.25, -0.2) is 9.90 Å². The Hall–Kier alpha value is -1.14. The topological polar surface area (TPSA) is 87.1 Å². The van der Waals surface area contributed by atoms with E-state index in [1.807, 2.05) is 0 Å². The third-order valence-electron chi connectivity index (χ3n) is 1.34. The molecular weight excluding hydrogens is 166 g/mol. The summed E-state index contributed by atoms with van der Waals surface area (Å²) in [5, 5.41) is 18.1. The molecule has 12 heavy (non-hydrogen) atoms. The summed E-state index contributed by atoms with van der Waals surface area (Å²) >= 11 is 0. The zero-order valence-electron chi connectivity index (χ0n) is 6.48. The van der Waals surface area contributed by atoms with Crippen LogP contribution in [0.4, 0.5) is 0 Å². The van der Waals surface area contributed by atoms with Crippen LogP contribution in [0.1, 0.15) is 13.3 Å². The van der Waals surface area contributed by atoms with Crippen molar-refractivity contribution in [2.75, 3.05) is 6.54 Å². The SMILES string of the molecule is CC1(O)CC(=O)N(CC(=O)O)O1. The molecule has 1 aliphatic rings. The summed E-state index contributed by atoms with van der Waals surface area (Å²) in [6, 6.07) is 0. The Kier molecular flexibility index (Phi) is 2.03. The van der Waals surface area contributed by atoms with Gasteiger partial charge >= 0.3 is 5.97 Å². The first-order chi connectivity index (χ1) is 5.41. The smallest absolute Gasteiger partial charge is 0.325 e. The monoisotopic (exact) mass is 175 g/mol. The zero-order valence-corrected chi connectivity index (χ0v) is 6.48. The third-order valence-corrected chi connectivity index (χ3v) is 1.34. The van der Waals surface area contributed by atoms with Crippen LogP contribution in [-0.4, -0.2) is 39.5 Å². The Balaban J connectivity index is 2.58. The maximum Gasteiger partial charge on any atom is 0.325 e. The number of rotatable bonds is 2. The standard InChI is InChI=1S/C6H9NO5/c1-6(11)2-4(8)7(12-6)3-5(9)10/h11H,2-3H2,1H3,(H,9,10). The maximum absolute atomic E-state index is 10.9. The number of carbonyl (C=O) groups is 2. The van der Waals surface area contributed by atoms with Crippen LogP contribution in [0.25, 0.3) is 0 Å². The summed E-state index contributed by atoms with van der Waals surface area (Å²) in [6.07, 6.45) is -0.208. The summed E-state index contributed by atoms with van der Waals surface area (Å²) in [4.78, 5) is 25.7. The van der Waals surface area contributed by atoms with E-state index in [2.05, 4.69) is 4.84 Å². The van der Waals surface area contributed by atoms with Gasteiger partial charge in [0.25, 0.3) is 5.91 Å². The van der Waals surface area contributed by atoms with E-state index >= 15 is 0 Å². The normalized spacial score (nSPS) is 29.5. The van der Waals surface area contributed by atoms with Gasteiger partial charge in [0.1, 0.15) is 6.54 Å². The fourth-order valence-corrected chi connectivity index (χ4v) is 0.933. The maximum atomic E-state index is 10.9. The van der Waals surface area contributed by atoms with Gasteiger partial charge < -0.3 is 10.2 Å². The lowest BCUT2D eigenvalue weighted by molar-refractivity contribution is -0.268. The molecule has 1 unspecified atom stereocenters. The third kappa shape index (κ3) is 1.93. The number of carboxylic acids is 1. The highest BCUT2D eigenvalue weighted by molar-refractivity contribution is 5.82. The molecule has 1 heterocycles. The first kappa shape index (κ1) is 8.95. The molecule has 0 saturated carbocycles. The van der Waals surface area contributed by atoms with Crippen LogP contribution in [0.15, 0.2) is 0 Å². The average Bonchev–Trinajstić information content (AvgIpc) is 2.03. The summed E-state index contributed by atoms with van der Waals surface area (Å²) in [5.74, 6) is -3.27. The molecule has 6 heteroatoms. The van der Waals surface area contributed by atoms with E-state index in [1.165, 1.54) is 6.92 Å². The van der Waals surface area contributed by atoms with E-state index in [9.17, 15) is 14.7 Å². The van der Waals surface area contributed by atoms with Crippen molar-refractivity contribution in [1.82, 2.24) is 5.06 Å². The molecule has 1 atom stereocenters. The number of hydrogen-bond acceptors (Lipinski definition) is 4. The Morgan fingerprint density at radius 2 is 2.42 bits per heavy atom. The van der Waals surface area contributed by atoms with Crippen molar-refractivity contribution in [3.8, 4) is 0 Å². The molecule has 1 aliphatic heterocycles. The first-order valence-electron chi connectivity index (χ1n) is 3.34. The zero-order chi connectivity index (χ0) is 9.35. The van der Waals surface area contributed by atoms with Crippen molar-refractivity contribution in [2.45, 2.75) is 19.1 Å². The van der Waals surface area contributed by atoms with Crippen LogP contribution in [0.2, 0.25) is 0 Å². The molecule has 1 fully saturated rings. The molecule has 0 aromatic heterocycles. The van der Waals surface area contributed by atoms with E-state index < -0.39 is 24.2 Å². The molecule has 0 bridgehead atoms. The minimum Gasteiger partial charge on any atom is -0.480 e. The number of hydrogen-bond donors (Lipinski definition) is 2. The summed E-state index contributed by atoms with van der Waals surface area (Å²) in [6.45, 7) is 0.752. The molecule has 1 saturated heterocycles. The minimum atomic E-state index is -1.56. The molecule has 1 amide bonds. The quantitative estimate of drug-likeness (QED) is 0.558.